The molecule has 0 aliphatic carbocycles. The van der Waals surface area contributed by atoms with E-state index in [4.69, 9.17) is 11.0 Å². The van der Waals surface area contributed by atoms with Crippen molar-refractivity contribution in [3.63, 3.8) is 0 Å². The lowest BCUT2D eigenvalue weighted by molar-refractivity contribution is 0.209. The van der Waals surface area contributed by atoms with E-state index in [-0.39, 0.29) is 7.47 Å². The molecule has 3 nitrogen and oxygen atoms in total. The van der Waals surface area contributed by atoms with Crippen LogP contribution in [0.2, 0.25) is 0 Å². The minimum Gasteiger partial charge on any atom is -0.316 e. The molecule has 1 aliphatic rings. The lowest BCUT2D eigenvalue weighted by Gasteiger charge is -2.29. The first-order valence-corrected chi connectivity index (χ1v) is 6.06. The van der Waals surface area contributed by atoms with Crippen molar-refractivity contribution in [2.75, 3.05) is 20.1 Å². The Labute approximate surface area is 95.7 Å². The second-order valence-corrected chi connectivity index (χ2v) is 4.06. The zero-order chi connectivity index (χ0) is 11.7. The molecular weight excluding hydrogens is 186 g/mol. The van der Waals surface area contributed by atoms with Gasteiger partial charge in [-0.15, -0.1) is 0 Å². The summed E-state index contributed by atoms with van der Waals surface area (Å²) < 4.78 is 0. The van der Waals surface area contributed by atoms with E-state index in [1.165, 1.54) is 25.9 Å². The summed E-state index contributed by atoms with van der Waals surface area (Å²) in [6.45, 7) is 6.40. The number of likely N-dealkylation sites (tertiary alicyclic amines) is 1. The predicted octanol–water partition coefficient (Wildman–Crippen LogP) is 2.23. The van der Waals surface area contributed by atoms with Crippen LogP contribution in [0.1, 0.15) is 41.0 Å². The third-order valence-corrected chi connectivity index (χ3v) is 2.89. The van der Waals surface area contributed by atoms with Crippen molar-refractivity contribution in [3.05, 3.63) is 0 Å². The van der Waals surface area contributed by atoms with E-state index >= 15 is 0 Å². The number of hydrogen-bond acceptors (Lipinski definition) is 3. The lowest BCUT2D eigenvalue weighted by atomic mass is 9.91. The van der Waals surface area contributed by atoms with Gasteiger partial charge in [-0.05, 0) is 51.7 Å². The largest absolute Gasteiger partial charge is 0.316 e. The molecule has 1 aliphatic heterocycles. The van der Waals surface area contributed by atoms with Crippen LogP contribution < -0.4 is 5.73 Å². The van der Waals surface area contributed by atoms with E-state index in [0.717, 1.165) is 18.8 Å². The van der Waals surface area contributed by atoms with Gasteiger partial charge in [0, 0.05) is 1.43 Å². The molecule has 1 rings (SSSR count). The fraction of sp³-hybridized carbons (Fsp3) is 0.917. The number of nitrogens with zero attached hydrogens (tertiary/aromatic N) is 2. The van der Waals surface area contributed by atoms with Crippen molar-refractivity contribution >= 4 is 0 Å². The highest BCUT2D eigenvalue weighted by atomic mass is 15.1. The first kappa shape index (κ1) is 14.4. The quantitative estimate of drug-likeness (QED) is 0.782. The summed E-state index contributed by atoms with van der Waals surface area (Å²) >= 11 is 0. The summed E-state index contributed by atoms with van der Waals surface area (Å²) in [5, 5.41) is 8.52. The molecule has 0 bridgehead atoms. The zero-order valence-corrected chi connectivity index (χ0v) is 10.4. The molecule has 0 amide bonds. The second kappa shape index (κ2) is 8.70. The number of rotatable bonds is 3. The molecule has 0 aromatic heterocycles. The number of nitriles is 1. The molecule has 90 valence electrons. The molecule has 2 N–H and O–H groups in total. The Bertz CT molecular complexity index is 183. The lowest BCUT2D eigenvalue weighted by Crippen LogP contribution is -2.31. The van der Waals surface area contributed by atoms with Gasteiger partial charge in [-0.25, -0.2) is 0 Å². The van der Waals surface area contributed by atoms with Gasteiger partial charge in [0.2, 0.25) is 0 Å². The molecule has 0 radical (unpaired) electrons. The van der Waals surface area contributed by atoms with Crippen molar-refractivity contribution in [3.8, 4) is 6.07 Å². The van der Waals surface area contributed by atoms with Crippen LogP contribution in [-0.2, 0) is 0 Å². The van der Waals surface area contributed by atoms with Crippen LogP contribution in [0.5, 0.6) is 0 Å². The maximum Gasteiger partial charge on any atom is 0.0928 e. The highest BCUT2D eigenvalue weighted by Crippen LogP contribution is 2.21. The fourth-order valence-electron chi connectivity index (χ4n) is 1.83. The third kappa shape index (κ3) is 6.48. The Balaban J connectivity index is 0. The molecule has 1 unspecified atom stereocenters. The molecule has 1 heterocycles. The van der Waals surface area contributed by atoms with Crippen LogP contribution in [0.3, 0.4) is 0 Å². The summed E-state index contributed by atoms with van der Waals surface area (Å²) in [6, 6.07) is 1.83. The smallest absolute Gasteiger partial charge is 0.0928 e. The average molecular weight is 213 g/mol. The first-order valence-electron chi connectivity index (χ1n) is 6.06. The molecule has 0 spiro atoms. The molecule has 1 saturated heterocycles. The van der Waals surface area contributed by atoms with Crippen molar-refractivity contribution in [2.45, 2.75) is 45.6 Å². The van der Waals surface area contributed by atoms with Gasteiger partial charge in [-0.1, -0.05) is 13.8 Å². The minimum atomic E-state index is -0.250. The standard InChI is InChI=1S/C10H19N3.C2H6.H2/c1-13-6-4-9(5-7-13)2-3-10(12)8-11;1-2;/h9-10H,2-7,12H2,1H3;1-2H3;1H. The van der Waals surface area contributed by atoms with Crippen LogP contribution >= 0.6 is 0 Å². The Morgan fingerprint density at radius 2 is 2.00 bits per heavy atom. The van der Waals surface area contributed by atoms with Crippen molar-refractivity contribution in [2.24, 2.45) is 11.7 Å². The normalized spacial score (nSPS) is 19.9. The van der Waals surface area contributed by atoms with E-state index in [0.29, 0.717) is 0 Å². The Morgan fingerprint density at radius 1 is 1.47 bits per heavy atom. The van der Waals surface area contributed by atoms with Crippen LogP contribution in [-0.4, -0.2) is 31.1 Å². The van der Waals surface area contributed by atoms with Gasteiger partial charge in [0.25, 0.3) is 0 Å². The molecule has 0 aromatic rings. The monoisotopic (exact) mass is 213 g/mol. The molecule has 3 heteroatoms. The second-order valence-electron chi connectivity index (χ2n) is 4.06. The highest BCUT2D eigenvalue weighted by Gasteiger charge is 2.16. The topological polar surface area (TPSA) is 53.0 Å². The van der Waals surface area contributed by atoms with Gasteiger partial charge in [-0.3, -0.25) is 0 Å². The molecule has 15 heavy (non-hydrogen) atoms. The summed E-state index contributed by atoms with van der Waals surface area (Å²) in [4.78, 5) is 2.36. The number of piperidine rings is 1. The van der Waals surface area contributed by atoms with E-state index in [2.05, 4.69) is 18.0 Å². The SMILES string of the molecule is CC.CN1CCC(CCC(N)C#N)CC1.[HH]. The summed E-state index contributed by atoms with van der Waals surface area (Å²) in [5.41, 5.74) is 5.55. The van der Waals surface area contributed by atoms with Gasteiger partial charge in [-0.2, -0.15) is 5.26 Å². The Morgan fingerprint density at radius 3 is 2.47 bits per heavy atom. The predicted molar refractivity (Wildman–Crippen MR) is 66.5 cm³/mol. The summed E-state index contributed by atoms with van der Waals surface area (Å²) in [7, 11) is 2.16. The molecule has 0 aromatic carbocycles. The summed E-state index contributed by atoms with van der Waals surface area (Å²) in [6.07, 6.45) is 4.54. The molecular formula is C12H27N3. The minimum absolute atomic E-state index is 0. The van der Waals surface area contributed by atoms with Crippen LogP contribution in [0, 0.1) is 17.2 Å². The van der Waals surface area contributed by atoms with Gasteiger partial charge >= 0.3 is 0 Å². The van der Waals surface area contributed by atoms with Gasteiger partial charge < -0.3 is 10.6 Å². The maximum absolute atomic E-state index is 8.52. The van der Waals surface area contributed by atoms with Crippen LogP contribution in [0.15, 0.2) is 0 Å². The molecule has 1 fully saturated rings. The van der Waals surface area contributed by atoms with Crippen molar-refractivity contribution < 1.29 is 1.43 Å². The summed E-state index contributed by atoms with van der Waals surface area (Å²) in [5.74, 6) is 0.801. The van der Waals surface area contributed by atoms with Gasteiger partial charge in [0.05, 0.1) is 12.1 Å². The van der Waals surface area contributed by atoms with E-state index in [1.807, 2.05) is 13.8 Å². The van der Waals surface area contributed by atoms with Gasteiger partial charge in [0.15, 0.2) is 0 Å². The first-order chi connectivity index (χ1) is 7.22. The van der Waals surface area contributed by atoms with Crippen molar-refractivity contribution in [1.29, 1.82) is 5.26 Å². The van der Waals surface area contributed by atoms with E-state index < -0.39 is 0 Å². The molecule has 1 atom stereocenters. The Hall–Kier alpha value is -0.590. The number of nitrogens with two attached hydrogens (primary N) is 1. The van der Waals surface area contributed by atoms with E-state index in [1.54, 1.807) is 0 Å². The van der Waals surface area contributed by atoms with Crippen LogP contribution in [0.25, 0.3) is 0 Å². The molecule has 0 saturated carbocycles. The Kier molecular flexibility index (Phi) is 8.35. The zero-order valence-electron chi connectivity index (χ0n) is 10.4. The number of hydrogen-bond donors (Lipinski definition) is 1. The highest BCUT2D eigenvalue weighted by molar-refractivity contribution is 4.87. The maximum atomic E-state index is 8.52. The van der Waals surface area contributed by atoms with Crippen molar-refractivity contribution in [1.82, 2.24) is 4.90 Å². The van der Waals surface area contributed by atoms with Gasteiger partial charge in [0.1, 0.15) is 0 Å². The average Bonchev–Trinajstić information content (AvgIpc) is 2.30. The van der Waals surface area contributed by atoms with E-state index in [9.17, 15) is 0 Å². The van der Waals surface area contributed by atoms with Crippen LogP contribution in [0.4, 0.5) is 0 Å². The fourth-order valence-corrected chi connectivity index (χ4v) is 1.83. The third-order valence-electron chi connectivity index (χ3n) is 2.89.